The van der Waals surface area contributed by atoms with Gasteiger partial charge >= 0.3 is 22.8 Å². The van der Waals surface area contributed by atoms with Crippen LogP contribution in [0.2, 0.25) is 15.3 Å². The fourth-order valence-corrected chi connectivity index (χ4v) is 20.8. The molecule has 0 unspecified atom stereocenters. The molecule has 6 fully saturated rings. The first-order valence-corrected chi connectivity index (χ1v) is 48.2. The molecule has 24 rings (SSSR count). The van der Waals surface area contributed by atoms with E-state index in [2.05, 4.69) is 68.0 Å². The standard InChI is InChI=1S/C33H31ClF2N8O2.C33H31F3N8O2.2C18H12ClF2N5O2/c1-5-25(45)42-13-17(3)43(14-16(42)2)31-19-11-20(34)28(27-21(35)7-6-8-23(27)37)39-32(19)44(33(46)40-31)30-22(36)12-24-29(38-15-41(24)4)26(30)18-9-10-18;1-5-25(45)42-13-17(3)43(14-16(42)2)31-19-11-21(35)28(27-20(34)7-6-8-23(27)37)39-32(19)44(33(46)40-31)30-22(36)12-24-29(38-15-41(24)4)26(30)18-9-10-18;2*1-25-6-22-13-11(25)5-9(20)14(12(13)7-2-3-7)26-16-8(17(27)24-18(26)28)4-10(21)15(19)23-16/h2*5-8,11-12,15-18H,1,9-10,13-14,37H2,2-4H3;2*4-7H,2-3H2,1H3,(H,24,27,28)/t2*16-,17+;;/m11../s1. The number of hydrogen-bond acceptors (Lipinski definition) is 22. The Balaban J connectivity index is 0.000000119. The van der Waals surface area contributed by atoms with Gasteiger partial charge in [-0.25, -0.2) is 117 Å². The van der Waals surface area contributed by atoms with Crippen LogP contribution in [0, 0.1) is 52.4 Å². The van der Waals surface area contributed by atoms with Crippen molar-refractivity contribution in [3.63, 3.8) is 0 Å². The number of fused-ring (bicyclic) bond motifs is 8. The Morgan fingerprint density at radius 1 is 0.378 bits per heavy atom. The highest BCUT2D eigenvalue weighted by Gasteiger charge is 2.43. The number of imidazole rings is 4. The Hall–Kier alpha value is -16.2. The Labute approximate surface area is 844 Å². The number of aromatic nitrogens is 20. The van der Waals surface area contributed by atoms with Crippen molar-refractivity contribution in [1.29, 1.82) is 0 Å². The van der Waals surface area contributed by atoms with Gasteiger partial charge in [0.25, 0.3) is 11.1 Å². The highest BCUT2D eigenvalue weighted by Crippen LogP contribution is 2.52. The highest BCUT2D eigenvalue weighted by atomic mass is 35.5. The summed E-state index contributed by atoms with van der Waals surface area (Å²) in [5.41, 5.74) is 12.7. The molecule has 2 saturated heterocycles. The molecule has 18 aromatic rings. The van der Waals surface area contributed by atoms with E-state index in [1.54, 1.807) is 87.6 Å². The molecule has 4 aliphatic carbocycles. The molecule has 6 aliphatic rings. The van der Waals surface area contributed by atoms with Crippen molar-refractivity contribution in [3.8, 4) is 45.3 Å². The summed E-state index contributed by atoms with van der Waals surface area (Å²) in [6.07, 6.45) is 15.3. The summed E-state index contributed by atoms with van der Waals surface area (Å²) in [5.74, 6) is -6.94. The van der Waals surface area contributed by atoms with Crippen LogP contribution in [0.1, 0.15) is 125 Å². The number of pyridine rings is 4. The van der Waals surface area contributed by atoms with Gasteiger partial charge in [-0.15, -0.1) is 0 Å². The fraction of sp³-hybridized carbons (Fsp3) is 0.275. The molecule has 2 amide bonds. The molecule has 14 heterocycles. The van der Waals surface area contributed by atoms with Crippen LogP contribution in [0.25, 0.3) is 134 Å². The number of rotatable bonds is 14. The second kappa shape index (κ2) is 37.1. The lowest BCUT2D eigenvalue weighted by molar-refractivity contribution is -0.129. The molecule has 34 nitrogen and oxygen atoms in total. The number of carbonyl (C=O) groups excluding carboxylic acids is 2. The van der Waals surface area contributed by atoms with Gasteiger partial charge in [0, 0.05) is 136 Å². The van der Waals surface area contributed by atoms with Crippen molar-refractivity contribution >= 4 is 158 Å². The number of nitrogens with zero attached hydrogens (tertiary/aromatic N) is 22. The summed E-state index contributed by atoms with van der Waals surface area (Å²) in [6.45, 7) is 15.9. The zero-order valence-corrected chi connectivity index (χ0v) is 82.1. The second-order valence-corrected chi connectivity index (χ2v) is 39.0. The molecule has 0 bridgehead atoms. The van der Waals surface area contributed by atoms with E-state index in [0.717, 1.165) is 93.9 Å². The van der Waals surface area contributed by atoms with E-state index in [1.807, 2.05) is 37.5 Å². The molecule has 46 heteroatoms. The van der Waals surface area contributed by atoms with Gasteiger partial charge in [-0.1, -0.05) is 60.1 Å². The minimum absolute atomic E-state index is 0.00479. The van der Waals surface area contributed by atoms with Gasteiger partial charge < -0.3 is 49.3 Å². The molecule has 0 spiro atoms. The summed E-state index contributed by atoms with van der Waals surface area (Å²) in [6, 6.07) is 16.7. The van der Waals surface area contributed by atoms with Crippen LogP contribution >= 0.6 is 34.8 Å². The molecule has 2 aliphatic heterocycles. The van der Waals surface area contributed by atoms with Gasteiger partial charge in [-0.05, 0) is 163 Å². The first kappa shape index (κ1) is 97.9. The number of anilines is 4. The summed E-state index contributed by atoms with van der Waals surface area (Å²) in [5, 5.41) is -0.903. The van der Waals surface area contributed by atoms with Gasteiger partial charge in [-0.3, -0.25) is 29.1 Å². The molecule has 4 atom stereocenters. The topological polar surface area (TPSA) is 401 Å². The number of halogens is 12. The van der Waals surface area contributed by atoms with Crippen LogP contribution < -0.4 is 55.1 Å². The van der Waals surface area contributed by atoms with Crippen LogP contribution in [-0.4, -0.2) is 168 Å². The molecule has 12 aromatic heterocycles. The summed E-state index contributed by atoms with van der Waals surface area (Å²) < 4.78 is 148. The number of nitrogens with one attached hydrogen (secondary N) is 2. The number of nitrogens with two attached hydrogens (primary N) is 2. The van der Waals surface area contributed by atoms with Crippen LogP contribution in [0.15, 0.2) is 164 Å². The molecule has 756 valence electrons. The quantitative estimate of drug-likeness (QED) is 0.0340. The highest BCUT2D eigenvalue weighted by molar-refractivity contribution is 6.34. The van der Waals surface area contributed by atoms with Crippen molar-refractivity contribution in [2.45, 2.75) is 127 Å². The first-order valence-electron chi connectivity index (χ1n) is 47.0. The average Bonchev–Trinajstić information content (AvgIpc) is 1.29. The van der Waals surface area contributed by atoms with E-state index in [0.29, 0.717) is 84.9 Å². The average molecular weight is 2080 g/mol. The number of amides is 2. The van der Waals surface area contributed by atoms with Crippen LogP contribution in [-0.2, 0) is 37.8 Å². The lowest BCUT2D eigenvalue weighted by Crippen LogP contribution is -2.58. The van der Waals surface area contributed by atoms with Crippen molar-refractivity contribution in [1.82, 2.24) is 106 Å². The molecule has 148 heavy (non-hydrogen) atoms. The van der Waals surface area contributed by atoms with Crippen molar-refractivity contribution in [2.75, 3.05) is 47.4 Å². The molecule has 6 aromatic carbocycles. The Morgan fingerprint density at radius 2 is 0.689 bits per heavy atom. The number of aryl methyl sites for hydroxylation is 4. The van der Waals surface area contributed by atoms with Gasteiger partial charge in [-0.2, -0.15) is 9.97 Å². The largest absolute Gasteiger partial charge is 0.398 e. The normalized spacial score (nSPS) is 16.9. The van der Waals surface area contributed by atoms with E-state index in [-0.39, 0.29) is 179 Å². The third-order valence-corrected chi connectivity index (χ3v) is 28.8. The number of H-pyrrole nitrogens is 2. The SMILES string of the molecule is C=CC(=O)N1C[C@H](C)N(c2nc(=O)n(-c3c(F)cc4c(ncn4C)c3C3CC3)c3nc(-c4c(N)cccc4F)c(Cl)cc23)C[C@H]1C.C=CC(=O)N1C[C@H](C)N(c2nc(=O)n(-c3c(F)cc4c(ncn4C)c3C3CC3)c3nc(-c4c(N)cccc4F)c(F)cc23)C[C@H]1C.Cn1cnc2c(C3CC3)c(-n3c(=O)[nH]c(=O)c4cc(F)c(Cl)nc43)c(F)cc21.Cn1cnc2c(C3CC3)c(-n3c(=O)[nH]c(=O)c4cc(F)c(Cl)nc43)c(F)cc21. The van der Waals surface area contributed by atoms with Crippen molar-refractivity contribution in [3.05, 3.63) is 288 Å². The van der Waals surface area contributed by atoms with E-state index >= 15 is 30.7 Å². The minimum atomic E-state index is -0.909. The maximum Gasteiger partial charge on any atom is 0.355 e. The second-order valence-electron chi connectivity index (χ2n) is 37.9. The number of benzene rings is 6. The molecule has 0 radical (unpaired) electrons. The smallest absolute Gasteiger partial charge is 0.355 e. The predicted molar refractivity (Wildman–Crippen MR) is 542 cm³/mol. The Bertz CT molecular complexity index is 8660. The van der Waals surface area contributed by atoms with Gasteiger partial charge in [0.1, 0.15) is 52.2 Å². The van der Waals surface area contributed by atoms with Gasteiger partial charge in [0.15, 0.2) is 50.3 Å². The number of piperazine rings is 2. The van der Waals surface area contributed by atoms with E-state index in [9.17, 15) is 47.1 Å². The summed E-state index contributed by atoms with van der Waals surface area (Å²) in [4.78, 5) is 158. The minimum Gasteiger partial charge on any atom is -0.398 e. The van der Waals surface area contributed by atoms with Crippen LogP contribution in [0.3, 0.4) is 0 Å². The third kappa shape index (κ3) is 16.6. The van der Waals surface area contributed by atoms with Crippen LogP contribution in [0.5, 0.6) is 0 Å². The number of hydrogen-bond donors (Lipinski definition) is 4. The van der Waals surface area contributed by atoms with Crippen LogP contribution in [0.4, 0.5) is 62.5 Å². The lowest BCUT2D eigenvalue weighted by Gasteiger charge is -2.44. The molecule has 4 saturated carbocycles. The molecule has 6 N–H and O–H groups in total. The fourth-order valence-electron chi connectivity index (χ4n) is 20.2. The number of nitrogen functional groups attached to an aromatic ring is 2. The number of carbonyl (C=O) groups is 2. The van der Waals surface area contributed by atoms with Gasteiger partial charge in [0.2, 0.25) is 11.8 Å². The Kier molecular flexibility index (Phi) is 24.5. The van der Waals surface area contributed by atoms with Crippen molar-refractivity contribution in [2.24, 2.45) is 28.2 Å². The first-order chi connectivity index (χ1) is 70.7. The predicted octanol–water partition coefficient (Wildman–Crippen LogP) is 15.7. The van der Waals surface area contributed by atoms with Gasteiger partial charge in [0.05, 0.1) is 136 Å². The zero-order chi connectivity index (χ0) is 105. The third-order valence-electron chi connectivity index (χ3n) is 28.0. The lowest BCUT2D eigenvalue weighted by atomic mass is 10.0. The maximum atomic E-state index is 16.4. The Morgan fingerprint density at radius 3 is 1.02 bits per heavy atom. The van der Waals surface area contributed by atoms with Crippen molar-refractivity contribution < 1.29 is 49.1 Å². The molecular weight excluding hydrogens is 1990 g/mol. The summed E-state index contributed by atoms with van der Waals surface area (Å²) >= 11 is 18.4. The summed E-state index contributed by atoms with van der Waals surface area (Å²) in [7, 11) is 7.03. The maximum absolute atomic E-state index is 16.4. The zero-order valence-electron chi connectivity index (χ0n) is 79.9. The monoisotopic (exact) mass is 2080 g/mol. The molecular formula is C102H86Cl3F9N26O8. The van der Waals surface area contributed by atoms with E-state index in [1.165, 1.54) is 66.7 Å². The van der Waals surface area contributed by atoms with E-state index in [4.69, 9.17) is 51.3 Å². The van der Waals surface area contributed by atoms with E-state index < -0.39 is 102 Å². The number of aromatic amines is 2.